The molecule has 0 bridgehead atoms. The van der Waals surface area contributed by atoms with Crippen LogP contribution in [0.2, 0.25) is 0 Å². The fraction of sp³-hybridized carbons (Fsp3) is 0.0833. The van der Waals surface area contributed by atoms with Crippen LogP contribution in [0, 0.1) is 25.7 Å². The summed E-state index contributed by atoms with van der Waals surface area (Å²) in [6.07, 6.45) is 2.09. The molecule has 0 spiro atoms. The number of hydrogen-bond acceptors (Lipinski definition) is 4. The molecule has 0 N–H and O–H groups in total. The molecule has 7 nitrogen and oxygen atoms in total. The average molecular weight is 1210 g/mol. The molecule has 0 saturated carbocycles. The molecule has 5 heterocycles. The summed E-state index contributed by atoms with van der Waals surface area (Å²) in [6.45, 7) is 11.1. The van der Waals surface area contributed by atoms with Gasteiger partial charge in [-0.2, -0.15) is 18.8 Å². The molecule has 0 aliphatic carbocycles. The van der Waals surface area contributed by atoms with Gasteiger partial charge in [-0.1, -0.05) is 154 Å². The second-order valence-electron chi connectivity index (χ2n) is 21.8. The molecule has 0 atom stereocenters. The molecule has 10 aromatic carbocycles. The van der Waals surface area contributed by atoms with Crippen molar-refractivity contribution in [2.75, 3.05) is 16.8 Å². The van der Waals surface area contributed by atoms with Gasteiger partial charge in [0.15, 0.2) is 0 Å². The summed E-state index contributed by atoms with van der Waals surface area (Å²) < 4.78 is 13.9. The normalized spacial score (nSPS) is 12.6. The van der Waals surface area contributed by atoms with Gasteiger partial charge in [0.2, 0.25) is 0 Å². The molecule has 0 amide bonds. The van der Waals surface area contributed by atoms with E-state index >= 15 is 0 Å². The fourth-order valence-electron chi connectivity index (χ4n) is 12.2. The zero-order chi connectivity index (χ0) is 53.1. The summed E-state index contributed by atoms with van der Waals surface area (Å²) in [4.78, 5) is 9.80. The summed E-state index contributed by atoms with van der Waals surface area (Å²) in [5.74, 6) is 1.96. The quantitative estimate of drug-likeness (QED) is 0.142. The minimum Gasteiger partial charge on any atom is -0.509 e. The average Bonchev–Trinajstić information content (AvgIpc) is 4.23. The van der Waals surface area contributed by atoms with Crippen LogP contribution in [0.5, 0.6) is 11.5 Å². The molecule has 1 aliphatic rings. The maximum atomic E-state index is 6.74. The molecule has 14 aromatic rings. The predicted molar refractivity (Wildman–Crippen MR) is 327 cm³/mol. The fourth-order valence-corrected chi connectivity index (χ4v) is 12.2. The van der Waals surface area contributed by atoms with E-state index < -0.39 is 0 Å². The Morgan fingerprint density at radius 2 is 0.988 bits per heavy atom. The Labute approximate surface area is 479 Å². The van der Waals surface area contributed by atoms with Crippen molar-refractivity contribution in [3.8, 4) is 50.9 Å². The van der Waals surface area contributed by atoms with Crippen molar-refractivity contribution in [3.63, 3.8) is 0 Å². The largest absolute Gasteiger partial charge is 0.509 e. The number of hydrogen-bond donors (Lipinski definition) is 0. The standard InChI is InChI=1S/C72H53N6O.Pt/c1-46-40-70(73-44-59(46)71-67(76-60-24-10-6-20-53(60)54-21-7-11-25-61(54)76)30-17-31-68(71)77-62-26-12-8-22-55(62)56-23-9-13-27-63(56)77)78-64-39-34-48(47-32-35-49(36-33-47)72(2,3)4)41-58(64)57-38-37-52(43-69(57)78)79-51-19-16-18-50(42-51)75-45-74(5)65-28-14-15-29-66(65)75;/h6-41,44-45H,1-5H3;/q-3;. The summed E-state index contributed by atoms with van der Waals surface area (Å²) in [7, 11) is 2.06. The molecular weight excluding hydrogens is 1160 g/mol. The molecule has 8 heteroatoms. The first-order chi connectivity index (χ1) is 38.6. The third-order valence-corrected chi connectivity index (χ3v) is 16.0. The van der Waals surface area contributed by atoms with Crippen LogP contribution in [0.15, 0.2) is 225 Å². The SMILES string of the molecule is Cc1cc(-n2c3[c-]c(Oc4[c-]c(N5[CH-]N(C)c6ccccc65)ccc4)ccc3c3cc(-c4ccc(C(C)(C)C)cc4)ccc32)ncc1-c1c(-n2c3ccccc3c3ccccc32)cccc1-n1c2ccccc2c2ccccc21.[Pt]. The van der Waals surface area contributed by atoms with Crippen molar-refractivity contribution in [2.24, 2.45) is 0 Å². The van der Waals surface area contributed by atoms with E-state index in [-0.39, 0.29) is 26.5 Å². The molecule has 15 rings (SSSR count). The Hall–Kier alpha value is -9.16. The van der Waals surface area contributed by atoms with E-state index in [9.17, 15) is 0 Å². The second kappa shape index (κ2) is 19.0. The number of nitrogens with zero attached hydrogens (tertiary/aromatic N) is 6. The maximum Gasteiger partial charge on any atom is 0.135 e. The van der Waals surface area contributed by atoms with E-state index in [1.165, 1.54) is 32.7 Å². The Morgan fingerprint density at radius 1 is 0.463 bits per heavy atom. The molecule has 390 valence electrons. The Morgan fingerprint density at radius 3 is 1.59 bits per heavy atom. The molecule has 0 unspecified atom stereocenters. The van der Waals surface area contributed by atoms with Crippen molar-refractivity contribution in [1.82, 2.24) is 18.7 Å². The van der Waals surface area contributed by atoms with Gasteiger partial charge in [-0.15, -0.1) is 41.4 Å². The van der Waals surface area contributed by atoms with E-state index in [2.05, 4.69) is 283 Å². The molecular formula is C72H53N6OPt-3. The first-order valence-corrected chi connectivity index (χ1v) is 27.0. The van der Waals surface area contributed by atoms with Gasteiger partial charge < -0.3 is 28.2 Å². The number of aryl methyl sites for hydroxylation is 1. The van der Waals surface area contributed by atoms with Gasteiger partial charge in [-0.3, -0.25) is 0 Å². The number of benzene rings is 10. The number of para-hydroxylation sites is 6. The summed E-state index contributed by atoms with van der Waals surface area (Å²) in [5.41, 5.74) is 18.6. The molecule has 0 fully saturated rings. The number of ether oxygens (including phenoxy) is 1. The maximum absolute atomic E-state index is 6.74. The van der Waals surface area contributed by atoms with Crippen LogP contribution < -0.4 is 14.5 Å². The number of anilines is 3. The first-order valence-electron chi connectivity index (χ1n) is 27.0. The number of fused-ring (bicyclic) bond motifs is 10. The summed E-state index contributed by atoms with van der Waals surface area (Å²) >= 11 is 0. The summed E-state index contributed by atoms with van der Waals surface area (Å²) in [6, 6.07) is 85.7. The molecule has 4 aromatic heterocycles. The Balaban J connectivity index is 0.00000577. The zero-order valence-corrected chi connectivity index (χ0v) is 47.1. The van der Waals surface area contributed by atoms with E-state index in [1.54, 1.807) is 0 Å². The summed E-state index contributed by atoms with van der Waals surface area (Å²) in [5, 5.41) is 6.99. The van der Waals surface area contributed by atoms with Crippen molar-refractivity contribution in [3.05, 3.63) is 255 Å². The minimum atomic E-state index is 0. The van der Waals surface area contributed by atoms with Gasteiger partial charge in [0.05, 0.1) is 33.4 Å². The van der Waals surface area contributed by atoms with Gasteiger partial charge in [0.1, 0.15) is 5.82 Å². The molecule has 0 saturated heterocycles. The molecule has 0 radical (unpaired) electrons. The van der Waals surface area contributed by atoms with E-state index in [4.69, 9.17) is 9.72 Å². The predicted octanol–water partition coefficient (Wildman–Crippen LogP) is 18.4. The van der Waals surface area contributed by atoms with Crippen molar-refractivity contribution in [1.29, 1.82) is 0 Å². The van der Waals surface area contributed by atoms with Crippen LogP contribution in [0.4, 0.5) is 17.1 Å². The second-order valence-corrected chi connectivity index (χ2v) is 21.8. The van der Waals surface area contributed by atoms with Crippen LogP contribution in [0.25, 0.3) is 105 Å². The number of pyridine rings is 1. The van der Waals surface area contributed by atoms with Gasteiger partial charge in [-0.25, -0.2) is 4.98 Å². The smallest absolute Gasteiger partial charge is 0.135 e. The molecule has 1 aliphatic heterocycles. The third-order valence-electron chi connectivity index (χ3n) is 16.0. The minimum absolute atomic E-state index is 0. The van der Waals surface area contributed by atoms with Gasteiger partial charge >= 0.3 is 0 Å². The van der Waals surface area contributed by atoms with Crippen LogP contribution in [0.1, 0.15) is 31.9 Å². The third kappa shape index (κ3) is 7.85. The van der Waals surface area contributed by atoms with Gasteiger partial charge in [0.25, 0.3) is 0 Å². The first kappa shape index (κ1) is 49.2. The van der Waals surface area contributed by atoms with Gasteiger partial charge in [-0.05, 0) is 108 Å². The van der Waals surface area contributed by atoms with Gasteiger partial charge in [0, 0.05) is 88.3 Å². The van der Waals surface area contributed by atoms with Crippen molar-refractivity contribution in [2.45, 2.75) is 33.1 Å². The Bertz CT molecular complexity index is 4530. The van der Waals surface area contributed by atoms with E-state index in [1.807, 2.05) is 18.2 Å². The van der Waals surface area contributed by atoms with Crippen LogP contribution >= 0.6 is 0 Å². The number of aromatic nitrogens is 4. The topological polar surface area (TPSA) is 43.4 Å². The Kier molecular flexibility index (Phi) is 11.7. The number of rotatable bonds is 8. The van der Waals surface area contributed by atoms with Crippen molar-refractivity contribution >= 4 is 82.5 Å². The van der Waals surface area contributed by atoms with Crippen LogP contribution in [0.3, 0.4) is 0 Å². The van der Waals surface area contributed by atoms with Crippen molar-refractivity contribution < 1.29 is 25.8 Å². The molecule has 80 heavy (non-hydrogen) atoms. The van der Waals surface area contributed by atoms with E-state index in [0.717, 1.165) is 100 Å². The zero-order valence-electron chi connectivity index (χ0n) is 44.8. The monoisotopic (exact) mass is 1210 g/mol. The van der Waals surface area contributed by atoms with Crippen LogP contribution in [-0.4, -0.2) is 25.7 Å². The van der Waals surface area contributed by atoms with E-state index in [0.29, 0.717) is 11.5 Å². The van der Waals surface area contributed by atoms with Crippen LogP contribution in [-0.2, 0) is 26.5 Å².